The summed E-state index contributed by atoms with van der Waals surface area (Å²) in [7, 11) is 0. The molecule has 2 saturated heterocycles. The largest absolute Gasteiger partial charge is 0.407 e. The first-order valence-corrected chi connectivity index (χ1v) is 4.67. The Balaban J connectivity index is 1.93. The molecule has 1 aromatic heterocycles. The fraction of sp³-hybridized carbons (Fsp3) is 0.750. The van der Waals surface area contributed by atoms with Gasteiger partial charge < -0.3 is 10.2 Å². The Hall–Kier alpha value is -1.10. The molecule has 3 rings (SSSR count). The molecule has 5 nitrogen and oxygen atoms in total. The normalized spacial score (nSPS) is 37.1. The summed E-state index contributed by atoms with van der Waals surface area (Å²) in [4.78, 5) is 2.40. The van der Waals surface area contributed by atoms with E-state index in [9.17, 15) is 0 Å². The van der Waals surface area contributed by atoms with E-state index in [0.717, 1.165) is 13.1 Å². The monoisotopic (exact) mass is 180 g/mol. The minimum Gasteiger partial charge on any atom is -0.407 e. The van der Waals surface area contributed by atoms with E-state index in [1.165, 1.54) is 12.8 Å². The summed E-state index contributed by atoms with van der Waals surface area (Å²) < 4.78 is 5.26. The minimum absolute atomic E-state index is 0.183. The third kappa shape index (κ3) is 0.966. The van der Waals surface area contributed by atoms with Crippen molar-refractivity contribution >= 4 is 6.01 Å². The molecule has 2 bridgehead atoms. The van der Waals surface area contributed by atoms with Crippen molar-refractivity contribution in [1.29, 1.82) is 0 Å². The van der Waals surface area contributed by atoms with Crippen molar-refractivity contribution in [3.05, 3.63) is 5.89 Å². The maximum absolute atomic E-state index is 5.40. The number of piperidine rings is 1. The average molecular weight is 180 g/mol. The van der Waals surface area contributed by atoms with Crippen LogP contribution in [0.5, 0.6) is 0 Å². The number of nitrogens with zero attached hydrogens (tertiary/aromatic N) is 3. The van der Waals surface area contributed by atoms with Crippen LogP contribution in [0.25, 0.3) is 0 Å². The van der Waals surface area contributed by atoms with Crippen LogP contribution in [-0.2, 0) is 0 Å². The highest BCUT2D eigenvalue weighted by molar-refractivity contribution is 5.10. The number of nitrogen functional groups attached to an aromatic ring is 1. The summed E-state index contributed by atoms with van der Waals surface area (Å²) in [5.74, 6) is 1.41. The summed E-state index contributed by atoms with van der Waals surface area (Å²) in [6, 6.07) is 0.535. The predicted octanol–water partition coefficient (Wildman–Crippen LogP) is 0.418. The SMILES string of the molecule is Nc1nnc(C2C3CCN2CC3)o1. The van der Waals surface area contributed by atoms with Gasteiger partial charge >= 0.3 is 6.01 Å². The first-order chi connectivity index (χ1) is 6.34. The first kappa shape index (κ1) is 7.32. The maximum Gasteiger partial charge on any atom is 0.312 e. The molecule has 3 heterocycles. The van der Waals surface area contributed by atoms with E-state index in [4.69, 9.17) is 10.2 Å². The van der Waals surface area contributed by atoms with Crippen LogP contribution in [0.15, 0.2) is 4.42 Å². The molecule has 0 radical (unpaired) electrons. The zero-order valence-electron chi connectivity index (χ0n) is 7.31. The van der Waals surface area contributed by atoms with Crippen molar-refractivity contribution in [2.24, 2.45) is 5.92 Å². The van der Waals surface area contributed by atoms with Crippen molar-refractivity contribution in [3.8, 4) is 0 Å². The molecule has 0 saturated carbocycles. The highest BCUT2D eigenvalue weighted by Gasteiger charge is 2.43. The Labute approximate surface area is 75.9 Å². The molecule has 0 amide bonds. The van der Waals surface area contributed by atoms with Gasteiger partial charge in [-0.15, -0.1) is 5.10 Å². The molecule has 2 fully saturated rings. The van der Waals surface area contributed by atoms with Crippen molar-refractivity contribution in [2.75, 3.05) is 18.8 Å². The molecule has 2 N–H and O–H groups in total. The number of hydrogen-bond acceptors (Lipinski definition) is 5. The maximum atomic E-state index is 5.40. The van der Waals surface area contributed by atoms with E-state index >= 15 is 0 Å². The summed E-state index contributed by atoms with van der Waals surface area (Å²) >= 11 is 0. The van der Waals surface area contributed by atoms with E-state index in [1.807, 2.05) is 0 Å². The van der Waals surface area contributed by atoms with Crippen LogP contribution in [0, 0.1) is 5.92 Å². The molecule has 1 atom stereocenters. The van der Waals surface area contributed by atoms with E-state index < -0.39 is 0 Å². The van der Waals surface area contributed by atoms with Gasteiger partial charge in [0.2, 0.25) is 5.89 Å². The standard InChI is InChI=1S/C8H12N4O/c9-8-11-10-7(13-8)6-5-1-3-12(6)4-2-5/h5-6H,1-4H2,(H2,9,11). The smallest absolute Gasteiger partial charge is 0.312 e. The minimum atomic E-state index is 0.183. The van der Waals surface area contributed by atoms with Gasteiger partial charge in [0.15, 0.2) is 0 Å². The second kappa shape index (κ2) is 2.45. The van der Waals surface area contributed by atoms with Gasteiger partial charge in [-0.05, 0) is 31.8 Å². The van der Waals surface area contributed by atoms with Crippen molar-refractivity contribution in [2.45, 2.75) is 18.9 Å². The number of fused-ring (bicyclic) bond motifs is 2. The Kier molecular flexibility index (Phi) is 1.38. The second-order valence-corrected chi connectivity index (χ2v) is 3.80. The third-order valence-electron chi connectivity index (χ3n) is 3.12. The Morgan fingerprint density at radius 1 is 1.31 bits per heavy atom. The van der Waals surface area contributed by atoms with Crippen LogP contribution in [-0.4, -0.2) is 28.2 Å². The van der Waals surface area contributed by atoms with Gasteiger partial charge in [0, 0.05) is 0 Å². The van der Waals surface area contributed by atoms with Crippen LogP contribution in [0.4, 0.5) is 6.01 Å². The van der Waals surface area contributed by atoms with E-state index in [0.29, 0.717) is 17.9 Å². The van der Waals surface area contributed by atoms with Crippen molar-refractivity contribution in [3.63, 3.8) is 0 Å². The molecule has 1 aromatic rings. The van der Waals surface area contributed by atoms with Gasteiger partial charge in [-0.3, -0.25) is 4.90 Å². The molecule has 2 aliphatic heterocycles. The Morgan fingerprint density at radius 3 is 2.54 bits per heavy atom. The molecule has 70 valence electrons. The lowest BCUT2D eigenvalue weighted by molar-refractivity contribution is 0.264. The number of nitrogens with two attached hydrogens (primary N) is 1. The van der Waals surface area contributed by atoms with Crippen LogP contribution in [0.3, 0.4) is 0 Å². The topological polar surface area (TPSA) is 68.2 Å². The van der Waals surface area contributed by atoms with Crippen LogP contribution in [0.1, 0.15) is 24.8 Å². The van der Waals surface area contributed by atoms with E-state index in [2.05, 4.69) is 15.1 Å². The lowest BCUT2D eigenvalue weighted by Gasteiger charge is -2.14. The molecule has 0 aromatic carbocycles. The van der Waals surface area contributed by atoms with Crippen LogP contribution < -0.4 is 5.73 Å². The molecule has 5 heteroatoms. The quantitative estimate of drug-likeness (QED) is 0.678. The van der Waals surface area contributed by atoms with Crippen LogP contribution in [0.2, 0.25) is 0 Å². The van der Waals surface area contributed by atoms with Gasteiger partial charge in [-0.25, -0.2) is 0 Å². The molecule has 0 aliphatic carbocycles. The molecule has 1 unspecified atom stereocenters. The predicted molar refractivity (Wildman–Crippen MR) is 45.7 cm³/mol. The summed E-state index contributed by atoms with van der Waals surface area (Å²) in [5, 5.41) is 7.65. The van der Waals surface area contributed by atoms with Gasteiger partial charge in [-0.1, -0.05) is 5.10 Å². The Morgan fingerprint density at radius 2 is 2.08 bits per heavy atom. The first-order valence-electron chi connectivity index (χ1n) is 4.67. The zero-order chi connectivity index (χ0) is 8.84. The number of rotatable bonds is 1. The fourth-order valence-electron chi connectivity index (χ4n) is 2.54. The van der Waals surface area contributed by atoms with Crippen molar-refractivity contribution < 1.29 is 4.42 Å². The van der Waals surface area contributed by atoms with Crippen LogP contribution >= 0.6 is 0 Å². The van der Waals surface area contributed by atoms with E-state index in [-0.39, 0.29) is 6.01 Å². The summed E-state index contributed by atoms with van der Waals surface area (Å²) in [6.07, 6.45) is 2.51. The lowest BCUT2D eigenvalue weighted by Crippen LogP contribution is -2.19. The van der Waals surface area contributed by atoms with Gasteiger partial charge in [0.1, 0.15) is 0 Å². The number of anilines is 1. The number of hydrogen-bond donors (Lipinski definition) is 1. The molecule has 13 heavy (non-hydrogen) atoms. The summed E-state index contributed by atoms with van der Waals surface area (Å²) in [6.45, 7) is 2.33. The highest BCUT2D eigenvalue weighted by atomic mass is 16.4. The molecular formula is C8H12N4O. The summed E-state index contributed by atoms with van der Waals surface area (Å²) in [5.41, 5.74) is 5.40. The molecule has 2 aliphatic rings. The van der Waals surface area contributed by atoms with Crippen molar-refractivity contribution in [1.82, 2.24) is 15.1 Å². The third-order valence-corrected chi connectivity index (χ3v) is 3.12. The Bertz CT molecular complexity index is 304. The molecule has 0 spiro atoms. The second-order valence-electron chi connectivity index (χ2n) is 3.80. The average Bonchev–Trinajstić information content (AvgIpc) is 2.78. The fourth-order valence-corrected chi connectivity index (χ4v) is 2.54. The van der Waals surface area contributed by atoms with E-state index in [1.54, 1.807) is 0 Å². The lowest BCUT2D eigenvalue weighted by atomic mass is 10.00. The highest BCUT2D eigenvalue weighted by Crippen LogP contribution is 2.44. The number of aromatic nitrogens is 2. The van der Waals surface area contributed by atoms with Gasteiger partial charge in [0.25, 0.3) is 0 Å². The van der Waals surface area contributed by atoms with Gasteiger partial charge in [-0.2, -0.15) is 0 Å². The molecular weight excluding hydrogens is 168 g/mol. The van der Waals surface area contributed by atoms with Gasteiger partial charge in [0.05, 0.1) is 6.04 Å². The zero-order valence-corrected chi connectivity index (χ0v) is 7.31.